The molecule has 3 amide bonds. The van der Waals surface area contributed by atoms with Crippen LogP contribution in [0.2, 0.25) is 0 Å². The van der Waals surface area contributed by atoms with Crippen LogP contribution in [0.25, 0.3) is 0 Å². The first kappa shape index (κ1) is 22.3. The lowest BCUT2D eigenvalue weighted by molar-refractivity contribution is -0.132. The van der Waals surface area contributed by atoms with Gasteiger partial charge in [-0.1, -0.05) is 54.6 Å². The van der Waals surface area contributed by atoms with Crippen LogP contribution in [0.4, 0.5) is 4.79 Å². The van der Waals surface area contributed by atoms with Crippen molar-refractivity contribution < 1.29 is 14.3 Å². The average Bonchev–Trinajstić information content (AvgIpc) is 2.85. The van der Waals surface area contributed by atoms with Crippen molar-refractivity contribution in [1.29, 1.82) is 0 Å². The van der Waals surface area contributed by atoms with Crippen molar-refractivity contribution in [2.24, 2.45) is 5.92 Å². The fourth-order valence-electron chi connectivity index (χ4n) is 4.66. The monoisotopic (exact) mass is 435 g/mol. The first-order chi connectivity index (χ1) is 15.7. The number of nitrogens with one attached hydrogen (secondary N) is 2. The van der Waals surface area contributed by atoms with Crippen LogP contribution in [0, 0.1) is 5.92 Å². The van der Waals surface area contributed by atoms with E-state index in [-0.39, 0.29) is 24.0 Å². The summed E-state index contributed by atoms with van der Waals surface area (Å²) < 4.78 is 6.00. The predicted molar refractivity (Wildman–Crippen MR) is 124 cm³/mol. The molecular formula is C26H33N3O3. The van der Waals surface area contributed by atoms with Gasteiger partial charge in [-0.05, 0) is 42.4 Å². The fraction of sp³-hybridized carbons (Fsp3) is 0.462. The molecule has 1 fully saturated rings. The molecule has 0 saturated carbocycles. The molecule has 0 radical (unpaired) electrons. The summed E-state index contributed by atoms with van der Waals surface area (Å²) in [5, 5.41) is 5.88. The third-order valence-corrected chi connectivity index (χ3v) is 6.43. The number of benzene rings is 2. The Morgan fingerprint density at radius 2 is 1.78 bits per heavy atom. The summed E-state index contributed by atoms with van der Waals surface area (Å²) in [7, 11) is 0. The van der Waals surface area contributed by atoms with Gasteiger partial charge < -0.3 is 20.3 Å². The Labute approximate surface area is 190 Å². The number of fused-ring (bicyclic) bond motifs is 1. The summed E-state index contributed by atoms with van der Waals surface area (Å²) in [4.78, 5) is 26.7. The molecule has 0 spiro atoms. The number of nitrogens with zero attached hydrogens (tertiary/aromatic N) is 1. The van der Waals surface area contributed by atoms with Crippen LogP contribution in [-0.4, -0.2) is 43.1 Å². The first-order valence-corrected chi connectivity index (χ1v) is 11.7. The summed E-state index contributed by atoms with van der Waals surface area (Å²) in [5.74, 6) is 0.423. The second-order valence-corrected chi connectivity index (χ2v) is 8.68. The van der Waals surface area contributed by atoms with Crippen LogP contribution in [0.3, 0.4) is 0 Å². The van der Waals surface area contributed by atoms with Crippen LogP contribution >= 0.6 is 0 Å². The van der Waals surface area contributed by atoms with E-state index in [1.54, 1.807) is 0 Å². The summed E-state index contributed by atoms with van der Waals surface area (Å²) >= 11 is 0. The van der Waals surface area contributed by atoms with E-state index in [0.29, 0.717) is 32.5 Å². The average molecular weight is 436 g/mol. The highest BCUT2D eigenvalue weighted by Crippen LogP contribution is 2.33. The number of urea groups is 1. The smallest absolute Gasteiger partial charge is 0.314 e. The minimum Gasteiger partial charge on any atom is -0.373 e. The standard InChI is InChI=1S/C26H33N3O3/c30-24(29-16-14-20-8-4-5-11-23(20)19-29)13-6-15-27-26(31)28-18-22-12-7-17-32-25(22)21-9-2-1-3-10-21/h1-5,8-11,22,25H,6-7,12-19H2,(H2,27,28,31). The molecule has 0 bridgehead atoms. The second kappa shape index (κ2) is 11.1. The molecule has 4 rings (SSSR count). The molecule has 2 aromatic rings. The van der Waals surface area contributed by atoms with E-state index in [0.717, 1.165) is 32.4 Å². The van der Waals surface area contributed by atoms with Gasteiger partial charge in [0, 0.05) is 45.1 Å². The fourth-order valence-corrected chi connectivity index (χ4v) is 4.66. The zero-order valence-electron chi connectivity index (χ0n) is 18.6. The van der Waals surface area contributed by atoms with Crippen LogP contribution in [0.1, 0.15) is 48.5 Å². The van der Waals surface area contributed by atoms with Crippen molar-refractivity contribution in [3.8, 4) is 0 Å². The number of amides is 3. The minimum atomic E-state index is -0.179. The Hall–Kier alpha value is -2.86. The molecule has 0 aromatic heterocycles. The molecule has 2 N–H and O–H groups in total. The molecule has 32 heavy (non-hydrogen) atoms. The Morgan fingerprint density at radius 1 is 1.00 bits per heavy atom. The highest BCUT2D eigenvalue weighted by molar-refractivity contribution is 5.77. The number of ether oxygens (including phenoxy) is 1. The Bertz CT molecular complexity index is 902. The van der Waals surface area contributed by atoms with Gasteiger partial charge in [-0.15, -0.1) is 0 Å². The summed E-state index contributed by atoms with van der Waals surface area (Å²) in [6.07, 6.45) is 4.08. The normalized spacial score (nSPS) is 20.3. The maximum atomic E-state index is 12.5. The number of hydrogen-bond donors (Lipinski definition) is 2. The quantitative estimate of drug-likeness (QED) is 0.650. The molecule has 2 aliphatic heterocycles. The van der Waals surface area contributed by atoms with E-state index in [4.69, 9.17) is 4.74 Å². The van der Waals surface area contributed by atoms with Gasteiger partial charge in [0.15, 0.2) is 0 Å². The zero-order chi connectivity index (χ0) is 22.2. The largest absolute Gasteiger partial charge is 0.373 e. The van der Waals surface area contributed by atoms with E-state index < -0.39 is 0 Å². The van der Waals surface area contributed by atoms with Crippen molar-refractivity contribution in [3.05, 3.63) is 71.3 Å². The van der Waals surface area contributed by atoms with Gasteiger partial charge in [-0.25, -0.2) is 4.79 Å². The lowest BCUT2D eigenvalue weighted by atomic mass is 9.89. The molecule has 2 aliphatic rings. The maximum Gasteiger partial charge on any atom is 0.314 e. The van der Waals surface area contributed by atoms with Crippen molar-refractivity contribution in [3.63, 3.8) is 0 Å². The van der Waals surface area contributed by atoms with Gasteiger partial charge >= 0.3 is 6.03 Å². The number of rotatable bonds is 7. The summed E-state index contributed by atoms with van der Waals surface area (Å²) in [6, 6.07) is 18.4. The van der Waals surface area contributed by atoms with E-state index >= 15 is 0 Å². The molecule has 1 saturated heterocycles. The third-order valence-electron chi connectivity index (χ3n) is 6.43. The second-order valence-electron chi connectivity index (χ2n) is 8.68. The molecule has 2 aromatic carbocycles. The molecule has 6 nitrogen and oxygen atoms in total. The van der Waals surface area contributed by atoms with Crippen LogP contribution in [0.5, 0.6) is 0 Å². The summed E-state index contributed by atoms with van der Waals surface area (Å²) in [5.41, 5.74) is 3.75. The van der Waals surface area contributed by atoms with E-state index in [9.17, 15) is 9.59 Å². The molecule has 2 unspecified atom stereocenters. The predicted octanol–water partition coefficient (Wildman–Crippen LogP) is 3.82. The van der Waals surface area contributed by atoms with Gasteiger partial charge in [-0.2, -0.15) is 0 Å². The van der Waals surface area contributed by atoms with Gasteiger partial charge in [0.2, 0.25) is 5.91 Å². The third kappa shape index (κ3) is 5.88. The van der Waals surface area contributed by atoms with Gasteiger partial charge in [-0.3, -0.25) is 4.79 Å². The van der Waals surface area contributed by atoms with Crippen molar-refractivity contribution in [2.45, 2.75) is 44.8 Å². The van der Waals surface area contributed by atoms with Crippen molar-refractivity contribution in [2.75, 3.05) is 26.2 Å². The SMILES string of the molecule is O=C(NCCCC(=O)N1CCc2ccccc2C1)NCC1CCCOC1c1ccccc1. The highest BCUT2D eigenvalue weighted by atomic mass is 16.5. The van der Waals surface area contributed by atoms with E-state index in [2.05, 4.69) is 41.0 Å². The van der Waals surface area contributed by atoms with Crippen molar-refractivity contribution >= 4 is 11.9 Å². The molecule has 170 valence electrons. The number of hydrogen-bond acceptors (Lipinski definition) is 3. The van der Waals surface area contributed by atoms with E-state index in [1.807, 2.05) is 29.2 Å². The first-order valence-electron chi connectivity index (χ1n) is 11.7. The van der Waals surface area contributed by atoms with Crippen LogP contribution in [-0.2, 0) is 22.5 Å². The highest BCUT2D eigenvalue weighted by Gasteiger charge is 2.27. The topological polar surface area (TPSA) is 70.7 Å². The van der Waals surface area contributed by atoms with Crippen molar-refractivity contribution in [1.82, 2.24) is 15.5 Å². The number of carbonyl (C=O) groups excluding carboxylic acids is 2. The van der Waals surface area contributed by atoms with Gasteiger partial charge in [0.25, 0.3) is 0 Å². The molecule has 2 heterocycles. The molecular weight excluding hydrogens is 402 g/mol. The zero-order valence-corrected chi connectivity index (χ0v) is 18.6. The van der Waals surface area contributed by atoms with Gasteiger partial charge in [0.05, 0.1) is 6.10 Å². The minimum absolute atomic E-state index is 0.0255. The molecule has 2 atom stereocenters. The maximum absolute atomic E-state index is 12.5. The molecule has 6 heteroatoms. The Balaban J connectivity index is 1.14. The lowest BCUT2D eigenvalue weighted by Crippen LogP contribution is -2.41. The number of carbonyl (C=O) groups is 2. The van der Waals surface area contributed by atoms with Gasteiger partial charge in [0.1, 0.15) is 0 Å². The summed E-state index contributed by atoms with van der Waals surface area (Å²) in [6.45, 7) is 3.30. The van der Waals surface area contributed by atoms with E-state index in [1.165, 1.54) is 16.7 Å². The Morgan fingerprint density at radius 3 is 2.62 bits per heavy atom. The van der Waals surface area contributed by atoms with Crippen LogP contribution < -0.4 is 10.6 Å². The Kier molecular flexibility index (Phi) is 7.77. The van der Waals surface area contributed by atoms with Crippen LogP contribution in [0.15, 0.2) is 54.6 Å². The molecule has 0 aliphatic carbocycles. The lowest BCUT2D eigenvalue weighted by Gasteiger charge is -2.32.